The summed E-state index contributed by atoms with van der Waals surface area (Å²) in [4.78, 5) is 23.3. The van der Waals surface area contributed by atoms with Gasteiger partial charge in [0.15, 0.2) is 0 Å². The van der Waals surface area contributed by atoms with E-state index in [0.29, 0.717) is 6.42 Å². The second-order valence-corrected chi connectivity index (χ2v) is 4.64. The molecule has 2 nitrogen and oxygen atoms in total. The number of rotatable bonds is 7. The van der Waals surface area contributed by atoms with E-state index in [9.17, 15) is 9.59 Å². The van der Waals surface area contributed by atoms with Gasteiger partial charge in [-0.25, -0.2) is 0 Å². The predicted molar refractivity (Wildman–Crippen MR) is 62.8 cm³/mol. The lowest BCUT2D eigenvalue weighted by atomic mass is 9.73. The van der Waals surface area contributed by atoms with Crippen molar-refractivity contribution in [2.75, 3.05) is 0 Å². The molecule has 0 amide bonds. The average Bonchev–Trinajstić information content (AvgIpc) is 2.23. The van der Waals surface area contributed by atoms with Crippen LogP contribution >= 0.6 is 0 Å². The number of hydrogen-bond donors (Lipinski definition) is 0. The van der Waals surface area contributed by atoms with Gasteiger partial charge in [-0.05, 0) is 26.2 Å². The normalized spacial score (nSPS) is 13.7. The van der Waals surface area contributed by atoms with E-state index in [2.05, 4.69) is 0 Å². The second kappa shape index (κ2) is 6.04. The molecule has 0 aliphatic carbocycles. The van der Waals surface area contributed by atoms with Crippen molar-refractivity contribution in [1.82, 2.24) is 0 Å². The maximum atomic E-state index is 12.2. The van der Waals surface area contributed by atoms with E-state index >= 15 is 0 Å². The molecule has 1 unspecified atom stereocenters. The van der Waals surface area contributed by atoms with Crippen molar-refractivity contribution < 1.29 is 9.59 Å². The van der Waals surface area contributed by atoms with Gasteiger partial charge in [-0.1, -0.05) is 27.7 Å². The Hall–Kier alpha value is -0.660. The molecule has 0 aromatic carbocycles. The summed E-state index contributed by atoms with van der Waals surface area (Å²) in [6.07, 6.45) is 2.90. The Morgan fingerprint density at radius 3 is 1.87 bits per heavy atom. The summed E-state index contributed by atoms with van der Waals surface area (Å²) in [6.45, 7) is 9.64. The van der Waals surface area contributed by atoms with Crippen LogP contribution < -0.4 is 0 Å². The first kappa shape index (κ1) is 14.3. The third-order valence-electron chi connectivity index (χ3n) is 3.55. The first-order valence-electron chi connectivity index (χ1n) is 5.95. The zero-order valence-electron chi connectivity index (χ0n) is 10.7. The molecule has 2 heteroatoms. The molecule has 0 bridgehead atoms. The Morgan fingerprint density at radius 2 is 1.60 bits per heavy atom. The maximum absolute atomic E-state index is 12.2. The van der Waals surface area contributed by atoms with Crippen LogP contribution in [0, 0.1) is 11.3 Å². The van der Waals surface area contributed by atoms with E-state index in [0.717, 1.165) is 19.3 Å². The van der Waals surface area contributed by atoms with E-state index in [4.69, 9.17) is 0 Å². The molecule has 0 fully saturated rings. The molecule has 0 saturated heterocycles. The number of hydrogen-bond acceptors (Lipinski definition) is 2. The van der Waals surface area contributed by atoms with Crippen molar-refractivity contribution in [2.45, 2.75) is 60.3 Å². The summed E-state index contributed by atoms with van der Waals surface area (Å²) in [5, 5.41) is 0. The molecule has 0 rings (SSSR count). The van der Waals surface area contributed by atoms with Gasteiger partial charge in [0.05, 0.1) is 0 Å². The van der Waals surface area contributed by atoms with Gasteiger partial charge in [0.1, 0.15) is 11.6 Å². The molecule has 0 saturated carbocycles. The van der Waals surface area contributed by atoms with Crippen LogP contribution in [-0.2, 0) is 9.59 Å². The number of carbonyl (C=O) groups is 2. The molecule has 0 spiro atoms. The van der Waals surface area contributed by atoms with Gasteiger partial charge in [0.2, 0.25) is 0 Å². The van der Waals surface area contributed by atoms with E-state index in [1.165, 1.54) is 0 Å². The smallest absolute Gasteiger partial charge is 0.142 e. The highest BCUT2D eigenvalue weighted by Crippen LogP contribution is 2.32. The Kier molecular flexibility index (Phi) is 5.77. The predicted octanol–water partition coefficient (Wildman–Crippen LogP) is 3.39. The quantitative estimate of drug-likeness (QED) is 0.648. The number of carbonyl (C=O) groups excluding carboxylic acids is 2. The summed E-state index contributed by atoms with van der Waals surface area (Å²) in [6, 6.07) is 0. The number of ketones is 2. The van der Waals surface area contributed by atoms with Crippen LogP contribution in [0.3, 0.4) is 0 Å². The summed E-state index contributed by atoms with van der Waals surface area (Å²) in [5.41, 5.74) is -0.240. The van der Waals surface area contributed by atoms with E-state index < -0.39 is 0 Å². The molecule has 15 heavy (non-hydrogen) atoms. The first-order valence-corrected chi connectivity index (χ1v) is 5.95. The topological polar surface area (TPSA) is 34.1 Å². The van der Waals surface area contributed by atoms with Crippen LogP contribution in [0.5, 0.6) is 0 Å². The van der Waals surface area contributed by atoms with Crippen molar-refractivity contribution in [1.29, 1.82) is 0 Å². The Morgan fingerprint density at radius 1 is 1.13 bits per heavy atom. The molecule has 88 valence electrons. The molecule has 0 N–H and O–H groups in total. The lowest BCUT2D eigenvalue weighted by molar-refractivity contribution is -0.135. The van der Waals surface area contributed by atoms with Crippen molar-refractivity contribution in [2.24, 2.45) is 11.3 Å². The fourth-order valence-electron chi connectivity index (χ4n) is 1.86. The highest BCUT2D eigenvalue weighted by Gasteiger charge is 2.34. The van der Waals surface area contributed by atoms with Gasteiger partial charge in [0, 0.05) is 17.8 Å². The Labute approximate surface area is 93.4 Å². The van der Waals surface area contributed by atoms with E-state index in [-0.39, 0.29) is 22.9 Å². The molecular weight excluding hydrogens is 188 g/mol. The average molecular weight is 212 g/mol. The molecule has 0 aliphatic heterocycles. The SMILES string of the molecule is CCC(CC(C)=O)C(=O)C(C)(CC)CC. The largest absolute Gasteiger partial charge is 0.300 e. The van der Waals surface area contributed by atoms with Gasteiger partial charge in [-0.3, -0.25) is 4.79 Å². The molecule has 0 heterocycles. The Balaban J connectivity index is 4.70. The van der Waals surface area contributed by atoms with Gasteiger partial charge in [-0.15, -0.1) is 0 Å². The van der Waals surface area contributed by atoms with Crippen LogP contribution in [0.2, 0.25) is 0 Å². The van der Waals surface area contributed by atoms with Crippen molar-refractivity contribution in [3.63, 3.8) is 0 Å². The first-order chi connectivity index (χ1) is 6.91. The lowest BCUT2D eigenvalue weighted by Crippen LogP contribution is -2.33. The summed E-state index contributed by atoms with van der Waals surface area (Å²) >= 11 is 0. The van der Waals surface area contributed by atoms with E-state index in [1.54, 1.807) is 6.92 Å². The molecule has 0 radical (unpaired) electrons. The maximum Gasteiger partial charge on any atom is 0.142 e. The van der Waals surface area contributed by atoms with Crippen LogP contribution in [0.25, 0.3) is 0 Å². The lowest BCUT2D eigenvalue weighted by Gasteiger charge is -2.29. The van der Waals surface area contributed by atoms with Gasteiger partial charge < -0.3 is 4.79 Å². The minimum atomic E-state index is -0.240. The third-order valence-corrected chi connectivity index (χ3v) is 3.55. The standard InChI is InChI=1S/C13H24O2/c1-6-11(9-10(4)14)12(15)13(5,7-2)8-3/h11H,6-9H2,1-5H3. The monoisotopic (exact) mass is 212 g/mol. The summed E-state index contributed by atoms with van der Waals surface area (Å²) in [7, 11) is 0. The van der Waals surface area contributed by atoms with Crippen LogP contribution in [0.15, 0.2) is 0 Å². The van der Waals surface area contributed by atoms with Gasteiger partial charge in [0.25, 0.3) is 0 Å². The minimum Gasteiger partial charge on any atom is -0.300 e. The van der Waals surface area contributed by atoms with E-state index in [1.807, 2.05) is 27.7 Å². The zero-order valence-corrected chi connectivity index (χ0v) is 10.7. The van der Waals surface area contributed by atoms with Gasteiger partial charge in [-0.2, -0.15) is 0 Å². The number of Topliss-reactive ketones (excluding diaryl/α,β-unsaturated/α-hetero) is 2. The molecule has 0 aromatic heterocycles. The fraction of sp³-hybridized carbons (Fsp3) is 0.846. The molecular formula is C13H24O2. The zero-order chi connectivity index (χ0) is 12.1. The molecule has 1 atom stereocenters. The Bertz CT molecular complexity index is 227. The summed E-state index contributed by atoms with van der Waals surface area (Å²) in [5.74, 6) is 0.308. The highest BCUT2D eigenvalue weighted by atomic mass is 16.1. The second-order valence-electron chi connectivity index (χ2n) is 4.64. The molecule has 0 aromatic rings. The fourth-order valence-corrected chi connectivity index (χ4v) is 1.86. The van der Waals surface area contributed by atoms with Crippen molar-refractivity contribution >= 4 is 11.6 Å². The van der Waals surface area contributed by atoms with Crippen molar-refractivity contribution in [3.8, 4) is 0 Å². The highest BCUT2D eigenvalue weighted by molar-refractivity contribution is 5.90. The third kappa shape index (κ3) is 3.77. The molecule has 0 aliphatic rings. The van der Waals surface area contributed by atoms with Crippen LogP contribution in [0.4, 0.5) is 0 Å². The van der Waals surface area contributed by atoms with Gasteiger partial charge >= 0.3 is 0 Å². The van der Waals surface area contributed by atoms with Crippen LogP contribution in [0.1, 0.15) is 60.3 Å². The summed E-state index contributed by atoms with van der Waals surface area (Å²) < 4.78 is 0. The van der Waals surface area contributed by atoms with Crippen LogP contribution in [-0.4, -0.2) is 11.6 Å². The minimum absolute atomic E-state index is 0.0765. The van der Waals surface area contributed by atoms with Crippen molar-refractivity contribution in [3.05, 3.63) is 0 Å².